The maximum Gasteiger partial charge on any atom is 0.317 e. The van der Waals surface area contributed by atoms with Gasteiger partial charge in [0, 0.05) is 31.7 Å². The molecule has 4 rings (SSSR count). The SMILES string of the molecule is O=C(O)CN1CCOC(CNc2cccc3c2C(=O)N(C2CCC(=O)NC2=O)C3=O)C1. The third-order valence-electron chi connectivity index (χ3n) is 5.57. The van der Waals surface area contributed by atoms with E-state index in [0.717, 1.165) is 4.90 Å². The third-order valence-corrected chi connectivity index (χ3v) is 5.57. The number of aliphatic carboxylic acids is 1. The first kappa shape index (κ1) is 20.9. The second-order valence-corrected chi connectivity index (χ2v) is 7.68. The summed E-state index contributed by atoms with van der Waals surface area (Å²) < 4.78 is 5.68. The Hall–Kier alpha value is -3.31. The summed E-state index contributed by atoms with van der Waals surface area (Å²) in [5.41, 5.74) is 0.803. The summed E-state index contributed by atoms with van der Waals surface area (Å²) in [5, 5.41) is 14.3. The van der Waals surface area contributed by atoms with Crippen LogP contribution in [0.3, 0.4) is 0 Å². The van der Waals surface area contributed by atoms with Gasteiger partial charge in [-0.15, -0.1) is 0 Å². The third kappa shape index (κ3) is 4.14. The molecule has 4 amide bonds. The van der Waals surface area contributed by atoms with E-state index in [0.29, 0.717) is 31.9 Å². The molecule has 0 aromatic heterocycles. The highest BCUT2D eigenvalue weighted by molar-refractivity contribution is 6.25. The lowest BCUT2D eigenvalue weighted by molar-refractivity contribution is -0.140. The predicted octanol–water partition coefficient (Wildman–Crippen LogP) is -0.715. The molecule has 3 aliphatic heterocycles. The Morgan fingerprint density at radius 2 is 2.03 bits per heavy atom. The lowest BCUT2D eigenvalue weighted by Gasteiger charge is -2.32. The molecule has 11 nitrogen and oxygen atoms in total. The van der Waals surface area contributed by atoms with Crippen molar-refractivity contribution in [3.63, 3.8) is 0 Å². The molecule has 11 heteroatoms. The molecule has 0 spiro atoms. The number of amides is 4. The van der Waals surface area contributed by atoms with Crippen molar-refractivity contribution >= 4 is 35.3 Å². The molecular weight excluding hydrogens is 408 g/mol. The van der Waals surface area contributed by atoms with E-state index in [-0.39, 0.29) is 36.6 Å². The summed E-state index contributed by atoms with van der Waals surface area (Å²) in [6.07, 6.45) is -0.142. The van der Waals surface area contributed by atoms with Gasteiger partial charge >= 0.3 is 5.97 Å². The Morgan fingerprint density at radius 3 is 2.77 bits per heavy atom. The molecule has 2 fully saturated rings. The highest BCUT2D eigenvalue weighted by atomic mass is 16.5. The molecule has 2 saturated heterocycles. The van der Waals surface area contributed by atoms with Crippen molar-refractivity contribution in [1.82, 2.24) is 15.1 Å². The van der Waals surface area contributed by atoms with E-state index in [9.17, 15) is 24.0 Å². The van der Waals surface area contributed by atoms with Crippen LogP contribution >= 0.6 is 0 Å². The van der Waals surface area contributed by atoms with E-state index >= 15 is 0 Å². The second-order valence-electron chi connectivity index (χ2n) is 7.68. The Balaban J connectivity index is 1.48. The first-order chi connectivity index (χ1) is 14.8. The van der Waals surface area contributed by atoms with Crippen LogP contribution in [0.5, 0.6) is 0 Å². The van der Waals surface area contributed by atoms with Gasteiger partial charge in [0.15, 0.2) is 0 Å². The minimum Gasteiger partial charge on any atom is -0.480 e. The normalized spacial score (nSPS) is 24.2. The average molecular weight is 430 g/mol. The summed E-state index contributed by atoms with van der Waals surface area (Å²) >= 11 is 0. The smallest absolute Gasteiger partial charge is 0.317 e. The fourth-order valence-electron chi connectivity index (χ4n) is 4.12. The Kier molecular flexibility index (Phi) is 5.70. The number of carboxylic acids is 1. The zero-order valence-corrected chi connectivity index (χ0v) is 16.6. The van der Waals surface area contributed by atoms with E-state index in [1.807, 2.05) is 0 Å². The number of carbonyl (C=O) groups is 5. The number of benzene rings is 1. The van der Waals surface area contributed by atoms with Crippen LogP contribution < -0.4 is 10.6 Å². The molecule has 0 radical (unpaired) electrons. The summed E-state index contributed by atoms with van der Waals surface area (Å²) in [4.78, 5) is 63.2. The average Bonchev–Trinajstić information content (AvgIpc) is 2.97. The zero-order valence-electron chi connectivity index (χ0n) is 16.6. The minimum absolute atomic E-state index is 0.0563. The molecule has 0 bridgehead atoms. The molecule has 0 aliphatic carbocycles. The Labute approximate surface area is 177 Å². The van der Waals surface area contributed by atoms with Crippen LogP contribution in [0, 0.1) is 0 Å². The largest absolute Gasteiger partial charge is 0.480 e. The summed E-state index contributed by atoms with van der Waals surface area (Å²) in [6.45, 7) is 1.58. The fourth-order valence-corrected chi connectivity index (χ4v) is 4.12. The van der Waals surface area contributed by atoms with Gasteiger partial charge in [0.2, 0.25) is 11.8 Å². The molecule has 3 N–H and O–H groups in total. The van der Waals surface area contributed by atoms with Crippen molar-refractivity contribution in [2.75, 3.05) is 38.1 Å². The number of piperidine rings is 1. The van der Waals surface area contributed by atoms with Gasteiger partial charge in [0.25, 0.3) is 11.8 Å². The molecule has 31 heavy (non-hydrogen) atoms. The zero-order chi connectivity index (χ0) is 22.1. The van der Waals surface area contributed by atoms with Crippen LogP contribution in [0.25, 0.3) is 0 Å². The van der Waals surface area contributed by atoms with E-state index in [1.165, 1.54) is 6.07 Å². The Bertz CT molecular complexity index is 963. The van der Waals surface area contributed by atoms with Crippen LogP contribution in [0.1, 0.15) is 33.6 Å². The first-order valence-electron chi connectivity index (χ1n) is 9.99. The molecule has 2 unspecified atom stereocenters. The van der Waals surface area contributed by atoms with Gasteiger partial charge in [-0.3, -0.25) is 39.1 Å². The van der Waals surface area contributed by atoms with E-state index < -0.39 is 35.6 Å². The van der Waals surface area contributed by atoms with Gasteiger partial charge in [0.05, 0.1) is 30.4 Å². The van der Waals surface area contributed by atoms with Gasteiger partial charge in [-0.1, -0.05) is 6.07 Å². The molecule has 1 aromatic rings. The number of carbonyl (C=O) groups excluding carboxylic acids is 4. The molecule has 3 heterocycles. The van der Waals surface area contributed by atoms with Crippen molar-refractivity contribution in [2.24, 2.45) is 0 Å². The van der Waals surface area contributed by atoms with Gasteiger partial charge in [-0.25, -0.2) is 0 Å². The number of imide groups is 2. The molecule has 2 atom stereocenters. The van der Waals surface area contributed by atoms with Crippen molar-refractivity contribution in [2.45, 2.75) is 25.0 Å². The van der Waals surface area contributed by atoms with E-state index in [2.05, 4.69) is 10.6 Å². The van der Waals surface area contributed by atoms with Gasteiger partial charge in [-0.2, -0.15) is 0 Å². The van der Waals surface area contributed by atoms with Crippen molar-refractivity contribution in [1.29, 1.82) is 0 Å². The fraction of sp³-hybridized carbons (Fsp3) is 0.450. The van der Waals surface area contributed by atoms with Crippen molar-refractivity contribution in [3.8, 4) is 0 Å². The number of fused-ring (bicyclic) bond motifs is 1. The number of rotatable bonds is 6. The lowest BCUT2D eigenvalue weighted by atomic mass is 10.0. The number of hydrogen-bond acceptors (Lipinski definition) is 8. The van der Waals surface area contributed by atoms with Gasteiger partial charge in [0.1, 0.15) is 6.04 Å². The minimum atomic E-state index is -1.02. The number of anilines is 1. The van der Waals surface area contributed by atoms with Crippen LogP contribution in [-0.2, 0) is 19.1 Å². The van der Waals surface area contributed by atoms with Crippen LogP contribution in [0.15, 0.2) is 18.2 Å². The quantitative estimate of drug-likeness (QED) is 0.498. The van der Waals surface area contributed by atoms with Crippen LogP contribution in [0.2, 0.25) is 0 Å². The van der Waals surface area contributed by atoms with Crippen LogP contribution in [0.4, 0.5) is 5.69 Å². The predicted molar refractivity (Wildman–Crippen MR) is 105 cm³/mol. The molecule has 164 valence electrons. The van der Waals surface area contributed by atoms with E-state index in [4.69, 9.17) is 9.84 Å². The highest BCUT2D eigenvalue weighted by Gasteiger charge is 2.45. The monoisotopic (exact) mass is 430 g/mol. The molecule has 1 aromatic carbocycles. The highest BCUT2D eigenvalue weighted by Crippen LogP contribution is 2.32. The number of ether oxygens (including phenoxy) is 1. The number of nitrogens with one attached hydrogen (secondary N) is 2. The first-order valence-corrected chi connectivity index (χ1v) is 9.99. The van der Waals surface area contributed by atoms with Gasteiger partial charge in [-0.05, 0) is 18.6 Å². The maximum absolute atomic E-state index is 13.1. The molecular formula is C20H22N4O7. The topological polar surface area (TPSA) is 145 Å². The summed E-state index contributed by atoms with van der Waals surface area (Å²) in [7, 11) is 0. The number of nitrogens with zero attached hydrogens (tertiary/aromatic N) is 2. The number of carboxylic acid groups (broad SMARTS) is 1. The standard InChI is InChI=1S/C20H22N4O7/c25-15-5-4-14(18(28)22-15)24-19(29)12-2-1-3-13(17(12)20(24)30)21-8-11-9-23(6-7-31-11)10-16(26)27/h1-3,11,14,21H,4-10H2,(H,26,27)(H,22,25,28). The molecule has 0 saturated carbocycles. The second kappa shape index (κ2) is 8.44. The van der Waals surface area contributed by atoms with Crippen molar-refractivity contribution < 1.29 is 33.8 Å². The van der Waals surface area contributed by atoms with E-state index in [1.54, 1.807) is 17.0 Å². The molecule has 3 aliphatic rings. The lowest BCUT2D eigenvalue weighted by Crippen LogP contribution is -2.54. The van der Waals surface area contributed by atoms with Crippen LogP contribution in [-0.4, -0.2) is 89.4 Å². The Morgan fingerprint density at radius 1 is 1.23 bits per heavy atom. The summed E-state index contributed by atoms with van der Waals surface area (Å²) in [5.74, 6) is -3.15. The number of morpholine rings is 1. The van der Waals surface area contributed by atoms with Gasteiger partial charge < -0.3 is 15.2 Å². The maximum atomic E-state index is 13.1. The van der Waals surface area contributed by atoms with Crippen molar-refractivity contribution in [3.05, 3.63) is 29.3 Å². The summed E-state index contributed by atoms with van der Waals surface area (Å²) in [6, 6.07) is 3.80. The number of hydrogen-bond donors (Lipinski definition) is 3.